The van der Waals surface area contributed by atoms with Crippen molar-refractivity contribution in [3.63, 3.8) is 0 Å². The normalized spacial score (nSPS) is 22.6. The Morgan fingerprint density at radius 1 is 1.03 bits per heavy atom. The molecule has 34 heavy (non-hydrogen) atoms. The molecule has 8 heteroatoms. The van der Waals surface area contributed by atoms with Crippen LogP contribution in [0.5, 0.6) is 0 Å². The summed E-state index contributed by atoms with van der Waals surface area (Å²) >= 11 is 0. The van der Waals surface area contributed by atoms with Crippen molar-refractivity contribution >= 4 is 33.7 Å². The first-order valence-corrected chi connectivity index (χ1v) is 13.0. The summed E-state index contributed by atoms with van der Waals surface area (Å²) in [6, 6.07) is 4.52. The highest BCUT2D eigenvalue weighted by Crippen LogP contribution is 2.33. The van der Waals surface area contributed by atoms with Crippen LogP contribution in [-0.4, -0.2) is 82.6 Å². The van der Waals surface area contributed by atoms with Crippen molar-refractivity contribution in [2.45, 2.75) is 44.6 Å². The maximum Gasteiger partial charge on any atom is 0.317 e. The third-order valence-electron chi connectivity index (χ3n) is 7.95. The Balaban J connectivity index is 1.06. The molecule has 0 aliphatic carbocycles. The number of urea groups is 1. The molecule has 1 unspecified atom stereocenters. The number of aromatic nitrogens is 3. The number of anilines is 1. The Labute approximate surface area is 200 Å². The number of carbonyl (C=O) groups is 1. The molecule has 180 valence electrons. The molecular formula is C26H35N7O. The second kappa shape index (κ2) is 9.41. The van der Waals surface area contributed by atoms with Crippen LogP contribution in [0.25, 0.3) is 21.9 Å². The smallest absolute Gasteiger partial charge is 0.317 e. The van der Waals surface area contributed by atoms with Gasteiger partial charge in [0.1, 0.15) is 0 Å². The lowest BCUT2D eigenvalue weighted by Crippen LogP contribution is -2.52. The van der Waals surface area contributed by atoms with Crippen molar-refractivity contribution in [1.82, 2.24) is 30.1 Å². The summed E-state index contributed by atoms with van der Waals surface area (Å²) in [6.45, 7) is 7.25. The summed E-state index contributed by atoms with van der Waals surface area (Å²) in [5.74, 6) is 0.623. The number of amides is 2. The zero-order valence-electron chi connectivity index (χ0n) is 19.9. The molecule has 0 aromatic carbocycles. The number of aromatic amines is 1. The average molecular weight is 462 g/mol. The van der Waals surface area contributed by atoms with Gasteiger partial charge in [-0.25, -0.2) is 14.8 Å². The minimum atomic E-state index is 0.135. The zero-order valence-corrected chi connectivity index (χ0v) is 19.9. The Morgan fingerprint density at radius 3 is 2.71 bits per heavy atom. The molecule has 0 bridgehead atoms. The van der Waals surface area contributed by atoms with Gasteiger partial charge in [0.25, 0.3) is 0 Å². The predicted molar refractivity (Wildman–Crippen MR) is 135 cm³/mol. The van der Waals surface area contributed by atoms with Crippen molar-refractivity contribution in [3.8, 4) is 0 Å². The Hall–Kier alpha value is -2.87. The number of fused-ring (bicyclic) bond motifs is 3. The Bertz CT molecular complexity index is 1150. The van der Waals surface area contributed by atoms with Gasteiger partial charge in [-0.15, -0.1) is 0 Å². The number of nitrogens with zero attached hydrogens (tertiary/aromatic N) is 5. The van der Waals surface area contributed by atoms with E-state index in [1.165, 1.54) is 32.4 Å². The van der Waals surface area contributed by atoms with Gasteiger partial charge in [0.05, 0.1) is 29.0 Å². The number of rotatable bonds is 4. The average Bonchev–Trinajstić information content (AvgIpc) is 3.55. The maximum atomic E-state index is 13.0. The van der Waals surface area contributed by atoms with Crippen molar-refractivity contribution in [2.75, 3.05) is 50.7 Å². The van der Waals surface area contributed by atoms with Gasteiger partial charge in [-0.2, -0.15) is 0 Å². The van der Waals surface area contributed by atoms with E-state index in [2.05, 4.69) is 41.0 Å². The summed E-state index contributed by atoms with van der Waals surface area (Å²) in [7, 11) is 0. The van der Waals surface area contributed by atoms with Crippen molar-refractivity contribution in [3.05, 3.63) is 30.7 Å². The molecule has 3 fully saturated rings. The van der Waals surface area contributed by atoms with Gasteiger partial charge in [-0.3, -0.25) is 0 Å². The largest absolute Gasteiger partial charge is 0.370 e. The van der Waals surface area contributed by atoms with Gasteiger partial charge in [-0.1, -0.05) is 6.07 Å². The standard InChI is InChI=1S/C26H35N7O/c34-26(33-12-4-5-19(18-33)17-31-10-1-2-11-31)30-20-7-13-32(14-8-20)23-16-29-25-24(23)21-6-3-9-27-22(21)15-28-25/h3,6,9,15-16,19-20,27H,1-2,4-5,7-8,10-14,17-18H2,(H,30,34). The fraction of sp³-hybridized carbons (Fsp3) is 0.577. The first kappa shape index (κ1) is 21.6. The topological polar surface area (TPSA) is 80.4 Å². The van der Waals surface area contributed by atoms with E-state index in [9.17, 15) is 4.79 Å². The molecule has 3 aromatic heterocycles. The van der Waals surface area contributed by atoms with Gasteiger partial charge >= 0.3 is 6.03 Å². The number of hydrogen-bond donors (Lipinski definition) is 2. The quantitative estimate of drug-likeness (QED) is 0.621. The molecule has 0 radical (unpaired) electrons. The molecule has 6 rings (SSSR count). The molecule has 1 atom stereocenters. The molecular weight excluding hydrogens is 426 g/mol. The van der Waals surface area contributed by atoms with E-state index in [4.69, 9.17) is 0 Å². The van der Waals surface area contributed by atoms with E-state index < -0.39 is 0 Å². The lowest BCUT2D eigenvalue weighted by atomic mass is 9.97. The molecule has 3 aliphatic rings. The highest BCUT2D eigenvalue weighted by atomic mass is 16.2. The summed E-state index contributed by atoms with van der Waals surface area (Å²) < 4.78 is 0. The first-order chi connectivity index (χ1) is 16.7. The van der Waals surface area contributed by atoms with Crippen LogP contribution in [0.1, 0.15) is 38.5 Å². The van der Waals surface area contributed by atoms with E-state index in [0.717, 1.165) is 79.6 Å². The number of pyridine rings is 2. The molecule has 3 aromatic rings. The van der Waals surface area contributed by atoms with Crippen LogP contribution in [-0.2, 0) is 0 Å². The van der Waals surface area contributed by atoms with Gasteiger partial charge in [0, 0.05) is 50.3 Å². The molecule has 0 spiro atoms. The maximum absolute atomic E-state index is 13.0. The van der Waals surface area contributed by atoms with Gasteiger partial charge in [0.2, 0.25) is 0 Å². The summed E-state index contributed by atoms with van der Waals surface area (Å²) in [6.07, 6.45) is 12.7. The van der Waals surface area contributed by atoms with Crippen LogP contribution in [0, 0.1) is 5.92 Å². The summed E-state index contributed by atoms with van der Waals surface area (Å²) in [4.78, 5) is 32.5. The third kappa shape index (κ3) is 4.31. The fourth-order valence-electron chi connectivity index (χ4n) is 6.12. The molecule has 3 aliphatic heterocycles. The zero-order chi connectivity index (χ0) is 22.9. The number of likely N-dealkylation sites (tertiary alicyclic amines) is 2. The third-order valence-corrected chi connectivity index (χ3v) is 7.95. The number of hydrogen-bond acceptors (Lipinski definition) is 5. The predicted octanol–water partition coefficient (Wildman–Crippen LogP) is 3.60. The van der Waals surface area contributed by atoms with Gasteiger partial charge < -0.3 is 25.0 Å². The fourth-order valence-corrected chi connectivity index (χ4v) is 6.12. The van der Waals surface area contributed by atoms with E-state index in [0.29, 0.717) is 5.92 Å². The molecule has 2 amide bonds. The van der Waals surface area contributed by atoms with Crippen LogP contribution in [0.15, 0.2) is 30.7 Å². The number of nitrogens with one attached hydrogen (secondary N) is 2. The minimum Gasteiger partial charge on any atom is -0.370 e. The van der Waals surface area contributed by atoms with Crippen LogP contribution in [0.2, 0.25) is 0 Å². The van der Waals surface area contributed by atoms with Crippen LogP contribution in [0.4, 0.5) is 10.5 Å². The van der Waals surface area contributed by atoms with Crippen LogP contribution >= 0.6 is 0 Å². The van der Waals surface area contributed by atoms with Crippen molar-refractivity contribution in [2.24, 2.45) is 5.92 Å². The van der Waals surface area contributed by atoms with E-state index in [1.54, 1.807) is 0 Å². The van der Waals surface area contributed by atoms with Gasteiger partial charge in [0.15, 0.2) is 5.65 Å². The number of carbonyl (C=O) groups excluding carboxylic acids is 1. The van der Waals surface area contributed by atoms with E-state index in [-0.39, 0.29) is 12.1 Å². The Morgan fingerprint density at radius 2 is 1.85 bits per heavy atom. The van der Waals surface area contributed by atoms with E-state index in [1.807, 2.05) is 24.7 Å². The minimum absolute atomic E-state index is 0.135. The number of piperidine rings is 2. The molecule has 6 heterocycles. The lowest BCUT2D eigenvalue weighted by molar-refractivity contribution is 0.143. The highest BCUT2D eigenvalue weighted by Gasteiger charge is 2.29. The van der Waals surface area contributed by atoms with Crippen LogP contribution in [0.3, 0.4) is 0 Å². The van der Waals surface area contributed by atoms with Crippen molar-refractivity contribution < 1.29 is 4.79 Å². The molecule has 3 saturated heterocycles. The first-order valence-electron chi connectivity index (χ1n) is 13.0. The SMILES string of the molecule is O=C(NC1CCN(c2cnc3ncc4[nH]cccc4c23)CC1)N1CCCC(CN2CCCC2)C1. The lowest BCUT2D eigenvalue weighted by Gasteiger charge is -2.37. The monoisotopic (exact) mass is 461 g/mol. The molecule has 0 saturated carbocycles. The van der Waals surface area contributed by atoms with Crippen LogP contribution < -0.4 is 10.2 Å². The summed E-state index contributed by atoms with van der Waals surface area (Å²) in [5.41, 5.74) is 2.97. The molecule has 8 nitrogen and oxygen atoms in total. The second-order valence-corrected chi connectivity index (χ2v) is 10.3. The van der Waals surface area contributed by atoms with Crippen molar-refractivity contribution in [1.29, 1.82) is 0 Å². The Kier molecular flexibility index (Phi) is 5.99. The summed E-state index contributed by atoms with van der Waals surface area (Å²) in [5, 5.41) is 5.63. The highest BCUT2D eigenvalue weighted by molar-refractivity contribution is 6.10. The molecule has 2 N–H and O–H groups in total. The van der Waals surface area contributed by atoms with Gasteiger partial charge in [-0.05, 0) is 63.6 Å². The van der Waals surface area contributed by atoms with E-state index >= 15 is 0 Å². The second-order valence-electron chi connectivity index (χ2n) is 10.3. The number of H-pyrrole nitrogens is 1.